The van der Waals surface area contributed by atoms with Gasteiger partial charge in [0.1, 0.15) is 11.5 Å². The minimum Gasteiger partial charge on any atom is -0.370 e. The second kappa shape index (κ2) is 15.4. The van der Waals surface area contributed by atoms with Crippen LogP contribution in [0.5, 0.6) is 0 Å². The van der Waals surface area contributed by atoms with E-state index in [4.69, 9.17) is 9.97 Å². The van der Waals surface area contributed by atoms with Crippen molar-refractivity contribution in [2.45, 2.75) is 89.8 Å². The maximum absolute atomic E-state index is 13.6. The van der Waals surface area contributed by atoms with Crippen molar-refractivity contribution in [2.24, 2.45) is 0 Å². The number of pyridine rings is 2. The van der Waals surface area contributed by atoms with Crippen LogP contribution in [-0.2, 0) is 16.1 Å². The summed E-state index contributed by atoms with van der Waals surface area (Å²) < 4.78 is 1.73. The Morgan fingerprint density at radius 1 is 0.870 bits per heavy atom. The van der Waals surface area contributed by atoms with Crippen molar-refractivity contribution in [2.75, 3.05) is 49.5 Å². The van der Waals surface area contributed by atoms with Crippen LogP contribution < -0.4 is 21.1 Å². The predicted molar refractivity (Wildman–Crippen MR) is 207 cm³/mol. The van der Waals surface area contributed by atoms with Crippen LogP contribution in [0.15, 0.2) is 53.6 Å². The number of anilines is 3. The van der Waals surface area contributed by atoms with Crippen LogP contribution in [0.1, 0.15) is 97.3 Å². The summed E-state index contributed by atoms with van der Waals surface area (Å²) in [5, 5.41) is 6.48. The lowest BCUT2D eigenvalue weighted by molar-refractivity contribution is -0.134. The highest BCUT2D eigenvalue weighted by molar-refractivity contribution is 6.01. The first-order valence-corrected chi connectivity index (χ1v) is 19.5. The molecule has 1 aliphatic carbocycles. The molecule has 8 rings (SSSR count). The maximum atomic E-state index is 13.6. The van der Waals surface area contributed by atoms with Crippen molar-refractivity contribution < 1.29 is 14.4 Å². The molecule has 2 N–H and O–H groups in total. The molecule has 54 heavy (non-hydrogen) atoms. The molecule has 1 aromatic carbocycles. The maximum Gasteiger partial charge on any atom is 0.263 e. The zero-order valence-electron chi connectivity index (χ0n) is 31.2. The third-order valence-corrected chi connectivity index (χ3v) is 12.1. The van der Waals surface area contributed by atoms with E-state index in [9.17, 15) is 19.2 Å². The monoisotopic (exact) mass is 731 g/mol. The van der Waals surface area contributed by atoms with Crippen LogP contribution in [0.3, 0.4) is 0 Å². The van der Waals surface area contributed by atoms with Gasteiger partial charge in [0, 0.05) is 75.9 Å². The Bertz CT molecular complexity index is 2110. The third-order valence-electron chi connectivity index (χ3n) is 12.1. The van der Waals surface area contributed by atoms with E-state index in [-0.39, 0.29) is 40.7 Å². The number of ketones is 1. The molecular weight excluding hydrogens is 683 g/mol. The van der Waals surface area contributed by atoms with E-state index >= 15 is 0 Å². The zero-order valence-corrected chi connectivity index (χ0v) is 31.2. The van der Waals surface area contributed by atoms with Gasteiger partial charge in [0.25, 0.3) is 5.56 Å². The Kier molecular flexibility index (Phi) is 10.3. The number of fused-ring (bicyclic) bond motifs is 1. The topological polar surface area (TPSA) is 146 Å². The van der Waals surface area contributed by atoms with Gasteiger partial charge in [-0.15, -0.1) is 0 Å². The van der Waals surface area contributed by atoms with E-state index in [1.54, 1.807) is 17.7 Å². The van der Waals surface area contributed by atoms with Gasteiger partial charge in [-0.25, -0.2) is 9.97 Å². The summed E-state index contributed by atoms with van der Waals surface area (Å²) in [4.78, 5) is 71.9. The van der Waals surface area contributed by atoms with Gasteiger partial charge in [-0.05, 0) is 74.8 Å². The number of carbonyl (C=O) groups is 3. The molecule has 2 amide bonds. The smallest absolute Gasteiger partial charge is 0.263 e. The number of benzene rings is 1. The van der Waals surface area contributed by atoms with Gasteiger partial charge in [0.05, 0.1) is 23.4 Å². The summed E-state index contributed by atoms with van der Waals surface area (Å²) in [6, 6.07) is 12.8. The van der Waals surface area contributed by atoms with Gasteiger partial charge < -0.3 is 10.2 Å². The van der Waals surface area contributed by atoms with Crippen molar-refractivity contribution in [3.63, 3.8) is 0 Å². The molecule has 4 aliphatic rings. The molecule has 1 unspecified atom stereocenters. The SMILES string of the molecule is CC(=O)c1c(C)c2cnc(Nc3ccc(N4CCC(N5CCN(Cc6ccccc6C6CCC(=O)NC6=O)CC5)CC4)cn3)nc2n(C2CCCC2)c1=O. The minimum absolute atomic E-state index is 0.0225. The molecule has 0 bridgehead atoms. The molecule has 1 saturated carbocycles. The van der Waals surface area contributed by atoms with Crippen molar-refractivity contribution in [3.05, 3.63) is 81.4 Å². The van der Waals surface area contributed by atoms with E-state index < -0.39 is 0 Å². The third kappa shape index (κ3) is 7.26. The van der Waals surface area contributed by atoms with Crippen molar-refractivity contribution in [1.82, 2.24) is 34.6 Å². The number of piperidine rings is 2. The number of Topliss-reactive ketones (excluding diaryl/α,β-unsaturated/α-hetero) is 1. The summed E-state index contributed by atoms with van der Waals surface area (Å²) in [7, 11) is 0. The Morgan fingerprint density at radius 3 is 2.33 bits per heavy atom. The summed E-state index contributed by atoms with van der Waals surface area (Å²) >= 11 is 0. The molecule has 4 aromatic rings. The lowest BCUT2D eigenvalue weighted by Crippen LogP contribution is -2.53. The molecule has 282 valence electrons. The molecule has 0 spiro atoms. The number of nitrogens with one attached hydrogen (secondary N) is 2. The number of imide groups is 1. The van der Waals surface area contributed by atoms with Crippen LogP contribution in [0.4, 0.5) is 17.5 Å². The average Bonchev–Trinajstić information content (AvgIpc) is 3.71. The molecule has 4 fully saturated rings. The van der Waals surface area contributed by atoms with E-state index in [1.165, 1.54) is 12.5 Å². The van der Waals surface area contributed by atoms with Gasteiger partial charge in [-0.1, -0.05) is 37.1 Å². The molecule has 1 atom stereocenters. The molecule has 0 radical (unpaired) electrons. The molecular formula is C41H49N9O4. The number of carbonyl (C=O) groups excluding carboxylic acids is 3. The molecule has 3 aromatic heterocycles. The van der Waals surface area contributed by atoms with Crippen molar-refractivity contribution in [1.29, 1.82) is 0 Å². The Balaban J connectivity index is 0.859. The lowest BCUT2D eigenvalue weighted by Gasteiger charge is -2.43. The van der Waals surface area contributed by atoms with Gasteiger partial charge in [0.2, 0.25) is 17.8 Å². The minimum atomic E-state index is -0.261. The standard InChI is InChI=1S/C41H49N9O4/c1-26-34-24-43-41(46-38(34)50(30-8-4-5-9-30)40(54)37(26)27(2)51)44-35-13-11-31(23-42-35)48-17-15-29(16-18-48)49-21-19-47(20-22-49)25-28-7-3-6-10-32(28)33-12-14-36(52)45-39(33)53/h3,6-7,10-11,13,23-24,29-30,33H,4-5,8-9,12,14-22,25H2,1-2H3,(H,45,52,53)(H,42,43,44,46). The predicted octanol–water partition coefficient (Wildman–Crippen LogP) is 4.86. The Morgan fingerprint density at radius 2 is 1.63 bits per heavy atom. The summed E-state index contributed by atoms with van der Waals surface area (Å²) in [5.41, 5.74) is 4.46. The summed E-state index contributed by atoms with van der Waals surface area (Å²) in [5.74, 6) is 0.137. The molecule has 3 aliphatic heterocycles. The molecule has 13 heteroatoms. The Hall–Kier alpha value is -5.01. The van der Waals surface area contributed by atoms with E-state index in [2.05, 4.69) is 42.5 Å². The van der Waals surface area contributed by atoms with Crippen molar-refractivity contribution in [3.8, 4) is 0 Å². The largest absolute Gasteiger partial charge is 0.370 e. The molecule has 6 heterocycles. The second-order valence-electron chi connectivity index (χ2n) is 15.4. The number of hydrogen-bond donors (Lipinski definition) is 2. The first-order chi connectivity index (χ1) is 26.2. The van der Waals surface area contributed by atoms with E-state index in [0.717, 1.165) is 101 Å². The van der Waals surface area contributed by atoms with E-state index in [1.807, 2.05) is 30.5 Å². The van der Waals surface area contributed by atoms with Crippen molar-refractivity contribution >= 4 is 46.1 Å². The fourth-order valence-electron chi connectivity index (χ4n) is 9.10. The van der Waals surface area contributed by atoms with Gasteiger partial charge in [-0.2, -0.15) is 4.98 Å². The zero-order chi connectivity index (χ0) is 37.3. The normalized spacial score (nSPS) is 20.8. The van der Waals surface area contributed by atoms with Crippen LogP contribution >= 0.6 is 0 Å². The number of aryl methyl sites for hydroxylation is 1. The Labute approximate surface area is 315 Å². The number of nitrogens with zero attached hydrogens (tertiary/aromatic N) is 7. The fourth-order valence-corrected chi connectivity index (χ4v) is 9.10. The fraction of sp³-hybridized carbons (Fsp3) is 0.488. The highest BCUT2D eigenvalue weighted by Crippen LogP contribution is 2.33. The van der Waals surface area contributed by atoms with Crippen LogP contribution in [-0.4, -0.2) is 92.2 Å². The number of rotatable bonds is 9. The molecule has 13 nitrogen and oxygen atoms in total. The highest BCUT2D eigenvalue weighted by atomic mass is 16.2. The lowest BCUT2D eigenvalue weighted by atomic mass is 9.87. The molecule has 3 saturated heterocycles. The number of aromatic nitrogens is 4. The second-order valence-corrected chi connectivity index (χ2v) is 15.4. The average molecular weight is 732 g/mol. The van der Waals surface area contributed by atoms with Crippen LogP contribution in [0.25, 0.3) is 11.0 Å². The highest BCUT2D eigenvalue weighted by Gasteiger charge is 2.32. The van der Waals surface area contributed by atoms with E-state index in [0.29, 0.717) is 41.9 Å². The van der Waals surface area contributed by atoms with Gasteiger partial charge in [-0.3, -0.25) is 38.9 Å². The first-order valence-electron chi connectivity index (χ1n) is 19.5. The number of amides is 2. The number of hydrogen-bond acceptors (Lipinski definition) is 11. The van der Waals surface area contributed by atoms with Crippen LogP contribution in [0, 0.1) is 6.92 Å². The van der Waals surface area contributed by atoms with Crippen LogP contribution in [0.2, 0.25) is 0 Å². The van der Waals surface area contributed by atoms with Gasteiger partial charge >= 0.3 is 0 Å². The summed E-state index contributed by atoms with van der Waals surface area (Å²) in [6.07, 6.45) is 10.6. The number of piperazine rings is 1. The summed E-state index contributed by atoms with van der Waals surface area (Å²) in [6.45, 7) is 10.0. The van der Waals surface area contributed by atoms with Gasteiger partial charge in [0.15, 0.2) is 5.78 Å². The first kappa shape index (κ1) is 36.0. The quantitative estimate of drug-likeness (QED) is 0.180.